The lowest BCUT2D eigenvalue weighted by Gasteiger charge is -2.11. The lowest BCUT2D eigenvalue weighted by Crippen LogP contribution is -2.36. The summed E-state index contributed by atoms with van der Waals surface area (Å²) in [6.45, 7) is 0.162. The minimum atomic E-state index is -1.03. The van der Waals surface area contributed by atoms with E-state index in [-0.39, 0.29) is 6.54 Å². The third kappa shape index (κ3) is 3.71. The Balaban J connectivity index is 2.66. The molecule has 4 N–H and O–H groups in total. The molecule has 88 valence electrons. The molecule has 0 saturated heterocycles. The zero-order valence-electron chi connectivity index (χ0n) is 8.74. The van der Waals surface area contributed by atoms with E-state index >= 15 is 0 Å². The Kier molecular flexibility index (Phi) is 4.57. The van der Waals surface area contributed by atoms with Crippen molar-refractivity contribution in [2.24, 2.45) is 5.73 Å². The standard InChI is InChI=1S/C10H13BrN2O3/c1-16-8-3-6(11)2-7(4-8)13-5-9(12)10(14)15/h2-4,9,13H,5,12H2,1H3,(H,14,15). The quantitative estimate of drug-likeness (QED) is 0.760. The van der Waals surface area contributed by atoms with Gasteiger partial charge in [-0.2, -0.15) is 0 Å². The minimum Gasteiger partial charge on any atom is -0.497 e. The van der Waals surface area contributed by atoms with Crippen LogP contribution in [0.25, 0.3) is 0 Å². The van der Waals surface area contributed by atoms with Crippen LogP contribution in [0.2, 0.25) is 0 Å². The second-order valence-corrected chi connectivity index (χ2v) is 4.12. The molecule has 0 bridgehead atoms. The predicted molar refractivity (Wildman–Crippen MR) is 64.8 cm³/mol. The maximum Gasteiger partial charge on any atom is 0.322 e. The number of aliphatic carboxylic acids is 1. The van der Waals surface area contributed by atoms with Crippen LogP contribution in [0.3, 0.4) is 0 Å². The molecule has 1 unspecified atom stereocenters. The molecule has 1 aromatic rings. The third-order valence-electron chi connectivity index (χ3n) is 1.95. The van der Waals surface area contributed by atoms with Gasteiger partial charge in [-0.1, -0.05) is 15.9 Å². The number of nitrogens with one attached hydrogen (secondary N) is 1. The summed E-state index contributed by atoms with van der Waals surface area (Å²) >= 11 is 3.32. The van der Waals surface area contributed by atoms with Crippen LogP contribution in [-0.4, -0.2) is 30.8 Å². The van der Waals surface area contributed by atoms with Gasteiger partial charge in [0.1, 0.15) is 11.8 Å². The fraction of sp³-hybridized carbons (Fsp3) is 0.300. The van der Waals surface area contributed by atoms with Crippen molar-refractivity contribution in [3.63, 3.8) is 0 Å². The van der Waals surface area contributed by atoms with Gasteiger partial charge in [0, 0.05) is 22.8 Å². The van der Waals surface area contributed by atoms with E-state index < -0.39 is 12.0 Å². The number of anilines is 1. The number of halogens is 1. The first-order valence-corrected chi connectivity index (χ1v) is 5.39. The molecule has 16 heavy (non-hydrogen) atoms. The fourth-order valence-corrected chi connectivity index (χ4v) is 1.57. The molecule has 5 nitrogen and oxygen atoms in total. The third-order valence-corrected chi connectivity index (χ3v) is 2.41. The Morgan fingerprint density at radius 1 is 1.62 bits per heavy atom. The summed E-state index contributed by atoms with van der Waals surface area (Å²) in [5.74, 6) is -0.352. The highest BCUT2D eigenvalue weighted by atomic mass is 79.9. The van der Waals surface area contributed by atoms with Gasteiger partial charge in [-0.15, -0.1) is 0 Å². The highest BCUT2D eigenvalue weighted by Gasteiger charge is 2.10. The number of rotatable bonds is 5. The molecule has 1 rings (SSSR count). The number of ether oxygens (including phenoxy) is 1. The molecule has 6 heteroatoms. The average molecular weight is 289 g/mol. The largest absolute Gasteiger partial charge is 0.497 e. The number of carboxylic acids is 1. The van der Waals surface area contributed by atoms with E-state index in [2.05, 4.69) is 21.2 Å². The number of benzene rings is 1. The number of carbonyl (C=O) groups is 1. The Labute approximate surface area is 102 Å². The number of methoxy groups -OCH3 is 1. The average Bonchev–Trinajstić information content (AvgIpc) is 2.24. The zero-order chi connectivity index (χ0) is 12.1. The lowest BCUT2D eigenvalue weighted by atomic mass is 10.2. The number of nitrogens with two attached hydrogens (primary N) is 1. The second-order valence-electron chi connectivity index (χ2n) is 3.21. The smallest absolute Gasteiger partial charge is 0.322 e. The van der Waals surface area contributed by atoms with Gasteiger partial charge >= 0.3 is 5.97 Å². The molecule has 0 aromatic heterocycles. The van der Waals surface area contributed by atoms with Crippen molar-refractivity contribution in [1.29, 1.82) is 0 Å². The van der Waals surface area contributed by atoms with Crippen LogP contribution in [-0.2, 0) is 4.79 Å². The Bertz CT molecular complexity index is 384. The molecule has 0 heterocycles. The van der Waals surface area contributed by atoms with Gasteiger partial charge in [-0.25, -0.2) is 0 Å². The van der Waals surface area contributed by atoms with Crippen molar-refractivity contribution in [1.82, 2.24) is 0 Å². The topological polar surface area (TPSA) is 84.6 Å². The highest BCUT2D eigenvalue weighted by molar-refractivity contribution is 9.10. The van der Waals surface area contributed by atoms with E-state index in [1.165, 1.54) is 0 Å². The van der Waals surface area contributed by atoms with E-state index in [9.17, 15) is 4.79 Å². The van der Waals surface area contributed by atoms with Gasteiger partial charge in [0.25, 0.3) is 0 Å². The monoisotopic (exact) mass is 288 g/mol. The normalized spacial score (nSPS) is 11.9. The van der Waals surface area contributed by atoms with Crippen molar-refractivity contribution in [3.05, 3.63) is 22.7 Å². The molecule has 0 amide bonds. The summed E-state index contributed by atoms with van der Waals surface area (Å²) < 4.78 is 5.92. The first-order chi connectivity index (χ1) is 7.52. The summed E-state index contributed by atoms with van der Waals surface area (Å²) in [5, 5.41) is 11.5. The second kappa shape index (κ2) is 5.72. The van der Waals surface area contributed by atoms with Crippen LogP contribution in [0.4, 0.5) is 5.69 Å². The summed E-state index contributed by atoms with van der Waals surface area (Å²) in [6.07, 6.45) is 0. The summed E-state index contributed by atoms with van der Waals surface area (Å²) in [5.41, 5.74) is 6.12. The van der Waals surface area contributed by atoms with Crippen LogP contribution in [0.5, 0.6) is 5.75 Å². The highest BCUT2D eigenvalue weighted by Crippen LogP contribution is 2.24. The van der Waals surface area contributed by atoms with Crippen LogP contribution in [0.15, 0.2) is 22.7 Å². The number of hydrogen-bond donors (Lipinski definition) is 3. The number of carboxylic acid groups (broad SMARTS) is 1. The van der Waals surface area contributed by atoms with Crippen molar-refractivity contribution < 1.29 is 14.6 Å². The summed E-state index contributed by atoms with van der Waals surface area (Å²) in [7, 11) is 1.56. The van der Waals surface area contributed by atoms with Crippen molar-refractivity contribution in [2.75, 3.05) is 19.0 Å². The van der Waals surface area contributed by atoms with Crippen LogP contribution >= 0.6 is 15.9 Å². The fourth-order valence-electron chi connectivity index (χ4n) is 1.10. The molecule has 0 spiro atoms. The minimum absolute atomic E-state index is 0.162. The van der Waals surface area contributed by atoms with Crippen LogP contribution < -0.4 is 15.8 Å². The molecule has 0 fully saturated rings. The van der Waals surface area contributed by atoms with Gasteiger partial charge < -0.3 is 20.9 Å². The first kappa shape index (κ1) is 12.8. The molecular formula is C10H13BrN2O3. The van der Waals surface area contributed by atoms with E-state index in [1.54, 1.807) is 13.2 Å². The molecule has 1 atom stereocenters. The first-order valence-electron chi connectivity index (χ1n) is 4.59. The summed E-state index contributed by atoms with van der Waals surface area (Å²) in [6, 6.07) is 4.46. The molecule has 0 aliphatic carbocycles. The zero-order valence-corrected chi connectivity index (χ0v) is 10.3. The Hall–Kier alpha value is -1.27. The van der Waals surface area contributed by atoms with E-state index in [0.717, 1.165) is 10.2 Å². The van der Waals surface area contributed by atoms with Crippen LogP contribution in [0, 0.1) is 0 Å². The van der Waals surface area contributed by atoms with Gasteiger partial charge in [-0.3, -0.25) is 4.79 Å². The van der Waals surface area contributed by atoms with Crippen molar-refractivity contribution in [2.45, 2.75) is 6.04 Å². The SMILES string of the molecule is COc1cc(Br)cc(NCC(N)C(=O)O)c1. The predicted octanol–water partition coefficient (Wildman–Crippen LogP) is 1.28. The Morgan fingerprint density at radius 2 is 2.31 bits per heavy atom. The van der Waals surface area contributed by atoms with E-state index in [0.29, 0.717) is 5.75 Å². The molecular weight excluding hydrogens is 276 g/mol. The van der Waals surface area contributed by atoms with Gasteiger partial charge in [-0.05, 0) is 12.1 Å². The maximum atomic E-state index is 10.5. The Morgan fingerprint density at radius 3 is 2.88 bits per heavy atom. The van der Waals surface area contributed by atoms with Crippen molar-refractivity contribution in [3.8, 4) is 5.75 Å². The summed E-state index contributed by atoms with van der Waals surface area (Å²) in [4.78, 5) is 10.5. The van der Waals surface area contributed by atoms with Gasteiger partial charge in [0.15, 0.2) is 0 Å². The van der Waals surface area contributed by atoms with Gasteiger partial charge in [0.05, 0.1) is 7.11 Å². The molecule has 1 aromatic carbocycles. The van der Waals surface area contributed by atoms with Crippen LogP contribution in [0.1, 0.15) is 0 Å². The van der Waals surface area contributed by atoms with Gasteiger partial charge in [0.2, 0.25) is 0 Å². The van der Waals surface area contributed by atoms with E-state index in [1.807, 2.05) is 12.1 Å². The lowest BCUT2D eigenvalue weighted by molar-refractivity contribution is -0.138. The molecule has 0 radical (unpaired) electrons. The number of hydrogen-bond acceptors (Lipinski definition) is 4. The molecule has 0 aliphatic heterocycles. The van der Waals surface area contributed by atoms with E-state index in [4.69, 9.17) is 15.6 Å². The maximum absolute atomic E-state index is 10.5. The van der Waals surface area contributed by atoms with Crippen molar-refractivity contribution >= 4 is 27.6 Å². The molecule has 0 aliphatic rings. The molecule has 0 saturated carbocycles.